The summed E-state index contributed by atoms with van der Waals surface area (Å²) >= 11 is 0. The summed E-state index contributed by atoms with van der Waals surface area (Å²) in [5.41, 5.74) is 16.3. The minimum atomic E-state index is -0.471. The van der Waals surface area contributed by atoms with Gasteiger partial charge in [0.15, 0.2) is 0 Å². The van der Waals surface area contributed by atoms with Crippen molar-refractivity contribution in [3.8, 4) is 22.5 Å². The maximum atomic E-state index is 13.5. The van der Waals surface area contributed by atoms with E-state index in [0.29, 0.717) is 30.3 Å². The lowest BCUT2D eigenvalue weighted by Crippen LogP contribution is -2.37. The summed E-state index contributed by atoms with van der Waals surface area (Å²) < 4.78 is 0. The summed E-state index contributed by atoms with van der Waals surface area (Å²) in [6.45, 7) is 0.683. The van der Waals surface area contributed by atoms with Crippen molar-refractivity contribution in [2.24, 2.45) is 23.3 Å². The molecule has 0 unspecified atom stereocenters. The lowest BCUT2D eigenvalue weighted by Gasteiger charge is -2.28. The van der Waals surface area contributed by atoms with Gasteiger partial charge in [-0.3, -0.25) is 9.59 Å². The molecule has 200 valence electrons. The minimum Gasteiger partial charge on any atom is -0.366 e. The van der Waals surface area contributed by atoms with Crippen LogP contribution in [0.25, 0.3) is 22.5 Å². The van der Waals surface area contributed by atoms with Gasteiger partial charge >= 0.3 is 0 Å². The van der Waals surface area contributed by atoms with Crippen molar-refractivity contribution in [1.82, 2.24) is 15.3 Å². The highest BCUT2D eigenvalue weighted by Crippen LogP contribution is 2.33. The van der Waals surface area contributed by atoms with Gasteiger partial charge in [0.2, 0.25) is 11.8 Å². The van der Waals surface area contributed by atoms with Crippen molar-refractivity contribution >= 4 is 11.8 Å². The normalized spacial score (nSPS) is 17.9. The second-order valence-electron chi connectivity index (χ2n) is 10.4. The van der Waals surface area contributed by atoms with Crippen molar-refractivity contribution in [3.63, 3.8) is 0 Å². The Bertz CT molecular complexity index is 1390. The van der Waals surface area contributed by atoms with E-state index in [1.165, 1.54) is 0 Å². The average Bonchev–Trinajstić information content (AvgIpc) is 3.43. The molecule has 3 aromatic carbocycles. The molecule has 1 aliphatic carbocycles. The highest BCUT2D eigenvalue weighted by molar-refractivity contribution is 5.93. The highest BCUT2D eigenvalue weighted by Gasteiger charge is 2.29. The fraction of sp³-hybridized carbons (Fsp3) is 0.281. The second kappa shape index (κ2) is 12.1. The average molecular weight is 522 g/mol. The molecule has 39 heavy (non-hydrogen) atoms. The zero-order valence-electron chi connectivity index (χ0n) is 22.0. The molecule has 2 amide bonds. The molecule has 0 saturated heterocycles. The number of primary amides is 1. The second-order valence-corrected chi connectivity index (χ2v) is 10.4. The van der Waals surface area contributed by atoms with Crippen LogP contribution in [0.15, 0.2) is 84.9 Å². The molecule has 1 fully saturated rings. The monoisotopic (exact) mass is 521 g/mol. The Morgan fingerprint density at radius 1 is 0.872 bits per heavy atom. The Balaban J connectivity index is 1.50. The maximum Gasteiger partial charge on any atom is 0.248 e. The highest BCUT2D eigenvalue weighted by atomic mass is 16.2. The molecule has 1 atom stereocenters. The number of carbonyl (C=O) groups is 2. The van der Waals surface area contributed by atoms with Crippen LogP contribution >= 0.6 is 0 Å². The Hall–Kier alpha value is -4.23. The Morgan fingerprint density at radius 3 is 2.13 bits per heavy atom. The van der Waals surface area contributed by atoms with Crippen LogP contribution in [0.5, 0.6) is 0 Å². The standard InChI is InChI=1S/C32H35N5O2/c33-20-22-11-13-26(14-12-22)32(39)35-27(19-21-7-3-1-4-8-21)31-36-28(23-9-5-2-6-10-23)29(37-31)24-15-17-25(18-16-24)30(34)38/h1-10,15-18,22,26-27H,11-14,19-20,33H2,(H2,34,38)(H,35,39)(H,36,37)/t22?,26?,27-/m0/s1. The van der Waals surface area contributed by atoms with Gasteiger partial charge in [-0.1, -0.05) is 72.8 Å². The third kappa shape index (κ3) is 6.26. The van der Waals surface area contributed by atoms with Crippen molar-refractivity contribution in [2.75, 3.05) is 6.54 Å². The number of nitrogens with one attached hydrogen (secondary N) is 2. The van der Waals surface area contributed by atoms with Gasteiger partial charge in [0, 0.05) is 22.6 Å². The van der Waals surface area contributed by atoms with Gasteiger partial charge in [-0.25, -0.2) is 4.98 Å². The number of nitrogens with two attached hydrogens (primary N) is 2. The van der Waals surface area contributed by atoms with Crippen LogP contribution in [0.4, 0.5) is 0 Å². The van der Waals surface area contributed by atoms with Crippen LogP contribution in [-0.2, 0) is 11.2 Å². The summed E-state index contributed by atoms with van der Waals surface area (Å²) in [6.07, 6.45) is 4.30. The van der Waals surface area contributed by atoms with Gasteiger partial charge in [0.25, 0.3) is 0 Å². The summed E-state index contributed by atoms with van der Waals surface area (Å²) in [5, 5.41) is 3.33. The number of nitrogens with zero attached hydrogens (tertiary/aromatic N) is 1. The van der Waals surface area contributed by atoms with Crippen LogP contribution in [-0.4, -0.2) is 28.3 Å². The van der Waals surface area contributed by atoms with Crippen LogP contribution in [0.2, 0.25) is 0 Å². The van der Waals surface area contributed by atoms with E-state index >= 15 is 0 Å². The zero-order chi connectivity index (χ0) is 27.2. The first kappa shape index (κ1) is 26.4. The Morgan fingerprint density at radius 2 is 1.51 bits per heavy atom. The molecule has 7 heteroatoms. The van der Waals surface area contributed by atoms with Gasteiger partial charge in [-0.15, -0.1) is 0 Å². The quantitative estimate of drug-likeness (QED) is 0.247. The van der Waals surface area contributed by atoms with Crippen molar-refractivity contribution in [3.05, 3.63) is 102 Å². The van der Waals surface area contributed by atoms with E-state index in [0.717, 1.165) is 53.8 Å². The van der Waals surface area contributed by atoms with E-state index in [9.17, 15) is 9.59 Å². The molecule has 1 heterocycles. The van der Waals surface area contributed by atoms with E-state index in [1.807, 2.05) is 60.7 Å². The number of carbonyl (C=O) groups excluding carboxylic acids is 2. The van der Waals surface area contributed by atoms with E-state index < -0.39 is 5.91 Å². The Labute approximate surface area is 229 Å². The number of benzene rings is 3. The van der Waals surface area contributed by atoms with Crippen LogP contribution in [0.3, 0.4) is 0 Å². The van der Waals surface area contributed by atoms with Crippen LogP contribution < -0.4 is 16.8 Å². The largest absolute Gasteiger partial charge is 0.366 e. The first-order valence-electron chi connectivity index (χ1n) is 13.6. The van der Waals surface area contributed by atoms with Gasteiger partial charge in [-0.05, 0) is 62.3 Å². The number of hydrogen-bond donors (Lipinski definition) is 4. The molecular formula is C32H35N5O2. The number of aromatic amines is 1. The number of aromatic nitrogens is 2. The van der Waals surface area contributed by atoms with E-state index in [-0.39, 0.29) is 17.9 Å². The number of imidazole rings is 1. The summed E-state index contributed by atoms with van der Waals surface area (Å²) in [7, 11) is 0. The Kier molecular flexibility index (Phi) is 8.18. The molecule has 1 aromatic heterocycles. The first-order valence-corrected chi connectivity index (χ1v) is 13.6. The van der Waals surface area contributed by atoms with Gasteiger partial charge < -0.3 is 21.8 Å². The molecule has 7 nitrogen and oxygen atoms in total. The molecular weight excluding hydrogens is 486 g/mol. The van der Waals surface area contributed by atoms with E-state index in [1.54, 1.807) is 12.1 Å². The summed E-state index contributed by atoms with van der Waals surface area (Å²) in [4.78, 5) is 33.7. The number of rotatable bonds is 9. The summed E-state index contributed by atoms with van der Waals surface area (Å²) in [6, 6.07) is 26.9. The van der Waals surface area contributed by atoms with Crippen LogP contribution in [0.1, 0.15) is 53.5 Å². The third-order valence-corrected chi connectivity index (χ3v) is 7.71. The number of hydrogen-bond acceptors (Lipinski definition) is 4. The maximum absolute atomic E-state index is 13.5. The first-order chi connectivity index (χ1) is 19.0. The lowest BCUT2D eigenvalue weighted by molar-refractivity contribution is -0.127. The smallest absolute Gasteiger partial charge is 0.248 e. The van der Waals surface area contributed by atoms with Gasteiger partial charge in [-0.2, -0.15) is 0 Å². The molecule has 1 aliphatic rings. The van der Waals surface area contributed by atoms with Gasteiger partial charge in [0.05, 0.1) is 17.4 Å². The molecule has 1 saturated carbocycles. The number of amides is 2. The van der Waals surface area contributed by atoms with E-state index in [2.05, 4.69) is 22.4 Å². The third-order valence-electron chi connectivity index (χ3n) is 7.71. The molecule has 4 aromatic rings. The molecule has 6 N–H and O–H groups in total. The zero-order valence-corrected chi connectivity index (χ0v) is 22.0. The summed E-state index contributed by atoms with van der Waals surface area (Å²) in [5.74, 6) is 0.778. The van der Waals surface area contributed by atoms with Gasteiger partial charge in [0.1, 0.15) is 5.82 Å². The number of H-pyrrole nitrogens is 1. The fourth-order valence-corrected chi connectivity index (χ4v) is 5.39. The fourth-order valence-electron chi connectivity index (χ4n) is 5.39. The molecule has 0 spiro atoms. The molecule has 0 radical (unpaired) electrons. The molecule has 5 rings (SSSR count). The van der Waals surface area contributed by atoms with Crippen molar-refractivity contribution in [2.45, 2.75) is 38.1 Å². The van der Waals surface area contributed by atoms with Crippen LogP contribution in [0, 0.1) is 11.8 Å². The van der Waals surface area contributed by atoms with Crippen molar-refractivity contribution in [1.29, 1.82) is 0 Å². The molecule has 0 aliphatic heterocycles. The predicted octanol–water partition coefficient (Wildman–Crippen LogP) is 5.01. The molecule has 0 bridgehead atoms. The minimum absolute atomic E-state index is 0.0181. The lowest BCUT2D eigenvalue weighted by atomic mass is 9.81. The topological polar surface area (TPSA) is 127 Å². The van der Waals surface area contributed by atoms with Crippen molar-refractivity contribution < 1.29 is 9.59 Å². The van der Waals surface area contributed by atoms with E-state index in [4.69, 9.17) is 16.5 Å². The predicted molar refractivity (Wildman–Crippen MR) is 154 cm³/mol. The SMILES string of the molecule is NCC1CCC(C(=O)N[C@@H](Cc2ccccc2)c2nc(-c3ccccc3)c(-c3ccc(C(N)=O)cc3)[nH]2)CC1.